The molecule has 4 saturated heterocycles. The Hall–Kier alpha value is -2.19. The first-order valence-corrected chi connectivity index (χ1v) is 30.2. The van der Waals surface area contributed by atoms with Gasteiger partial charge in [0.2, 0.25) is 0 Å². The maximum Gasteiger partial charge on any atom is 0.309 e. The first-order valence-electron chi connectivity index (χ1n) is 30.2. The fraction of sp³-hybridized carbons (Fsp3) is 0.948. The maximum absolute atomic E-state index is 13.9. The third kappa shape index (κ3) is 21.7. The molecule has 7 N–H and O–H groups in total. The Labute approximate surface area is 470 Å². The largest absolute Gasteiger partial charge is 0.469 e. The van der Waals surface area contributed by atoms with Gasteiger partial charge in [-0.2, -0.15) is 0 Å². The van der Waals surface area contributed by atoms with Gasteiger partial charge in [0.1, 0.15) is 61.0 Å². The van der Waals surface area contributed by atoms with Crippen molar-refractivity contribution in [3.8, 4) is 0 Å². The lowest BCUT2D eigenvalue weighted by Crippen LogP contribution is -2.67. The summed E-state index contributed by atoms with van der Waals surface area (Å²) in [4.78, 5) is 38.8. The van der Waals surface area contributed by atoms with Crippen LogP contribution in [0.3, 0.4) is 0 Å². The van der Waals surface area contributed by atoms with Crippen LogP contribution in [0, 0.1) is 5.92 Å². The van der Waals surface area contributed by atoms with Gasteiger partial charge in [0.05, 0.1) is 43.5 Å². The second-order valence-corrected chi connectivity index (χ2v) is 22.7. The van der Waals surface area contributed by atoms with Crippen molar-refractivity contribution >= 4 is 17.9 Å². The Balaban J connectivity index is 1.54. The molecule has 0 spiro atoms. The number of hydrogen-bond donors (Lipinski definition) is 7. The number of esters is 3. The Kier molecular flexibility index (Phi) is 32.0. The first-order chi connectivity index (χ1) is 37.8. The van der Waals surface area contributed by atoms with E-state index in [-0.39, 0.29) is 18.5 Å². The molecular weight excluding hydrogens is 1030 g/mol. The zero-order valence-corrected chi connectivity index (χ0v) is 49.0. The molecule has 21 heteroatoms. The highest BCUT2D eigenvalue weighted by Crippen LogP contribution is 2.37. The van der Waals surface area contributed by atoms with E-state index in [0.717, 1.165) is 103 Å². The van der Waals surface area contributed by atoms with E-state index in [1.807, 2.05) is 6.92 Å². The number of rotatable bonds is 36. The molecule has 0 aromatic carbocycles. The molecule has 0 bridgehead atoms. The van der Waals surface area contributed by atoms with Crippen LogP contribution in [0.2, 0.25) is 0 Å². The van der Waals surface area contributed by atoms with Gasteiger partial charge in [0.25, 0.3) is 0 Å². The first kappa shape index (κ1) is 69.3. The lowest BCUT2D eigenvalue weighted by atomic mass is 9.95. The van der Waals surface area contributed by atoms with E-state index < -0.39 is 141 Å². The van der Waals surface area contributed by atoms with Crippen LogP contribution in [-0.4, -0.2) is 190 Å². The summed E-state index contributed by atoms with van der Waals surface area (Å²) in [5, 5.41) is 78.8. The molecule has 4 heterocycles. The van der Waals surface area contributed by atoms with Crippen molar-refractivity contribution in [3.05, 3.63) is 0 Å². The number of methoxy groups -OCH3 is 1. The Bertz CT molecular complexity index is 1690. The Morgan fingerprint density at radius 1 is 0.418 bits per heavy atom. The fourth-order valence-corrected chi connectivity index (χ4v) is 10.6. The molecule has 21 nitrogen and oxygen atoms in total. The molecule has 462 valence electrons. The molecule has 22 atom stereocenters. The van der Waals surface area contributed by atoms with Gasteiger partial charge in [-0.05, 0) is 59.8 Å². The fourth-order valence-electron chi connectivity index (χ4n) is 10.6. The lowest BCUT2D eigenvalue weighted by Gasteiger charge is -2.49. The van der Waals surface area contributed by atoms with Crippen LogP contribution in [0.4, 0.5) is 0 Å². The maximum atomic E-state index is 13.9. The van der Waals surface area contributed by atoms with Crippen LogP contribution in [0.1, 0.15) is 209 Å². The molecule has 0 saturated carbocycles. The minimum atomic E-state index is -1.85. The molecular formula is C58H104O21. The molecule has 0 amide bonds. The van der Waals surface area contributed by atoms with Crippen LogP contribution in [0.25, 0.3) is 0 Å². The molecule has 79 heavy (non-hydrogen) atoms. The number of carbonyl (C=O) groups excluding carboxylic acids is 3. The molecule has 0 aliphatic carbocycles. The van der Waals surface area contributed by atoms with Gasteiger partial charge < -0.3 is 87.9 Å². The highest BCUT2D eigenvalue weighted by atomic mass is 16.8. The second kappa shape index (κ2) is 36.5. The normalized spacial score (nSPS) is 35.8. The van der Waals surface area contributed by atoms with Crippen LogP contribution < -0.4 is 0 Å². The smallest absolute Gasteiger partial charge is 0.309 e. The average Bonchev–Trinajstić information content (AvgIpc) is 3.43. The molecule has 0 unspecified atom stereocenters. The summed E-state index contributed by atoms with van der Waals surface area (Å²) >= 11 is 0. The number of ether oxygens (including phenoxy) is 11. The molecule has 4 rings (SSSR count). The van der Waals surface area contributed by atoms with Crippen LogP contribution >= 0.6 is 0 Å². The Morgan fingerprint density at radius 3 is 1.41 bits per heavy atom. The van der Waals surface area contributed by atoms with E-state index in [1.165, 1.54) is 26.9 Å². The average molecular weight is 1140 g/mol. The van der Waals surface area contributed by atoms with Crippen molar-refractivity contribution in [3.63, 3.8) is 0 Å². The van der Waals surface area contributed by atoms with Gasteiger partial charge in [0.15, 0.2) is 37.4 Å². The summed E-state index contributed by atoms with van der Waals surface area (Å²) in [7, 11) is 1.40. The summed E-state index contributed by atoms with van der Waals surface area (Å²) < 4.78 is 67.3. The molecule has 4 aliphatic heterocycles. The second-order valence-electron chi connectivity index (χ2n) is 22.7. The van der Waals surface area contributed by atoms with Gasteiger partial charge in [-0.15, -0.1) is 0 Å². The lowest BCUT2D eigenvalue weighted by molar-refractivity contribution is -0.388. The summed E-state index contributed by atoms with van der Waals surface area (Å²) in [5.41, 5.74) is 0. The van der Waals surface area contributed by atoms with E-state index in [9.17, 15) is 50.1 Å². The zero-order valence-electron chi connectivity index (χ0n) is 49.0. The third-order valence-electron chi connectivity index (χ3n) is 16.1. The van der Waals surface area contributed by atoms with Crippen LogP contribution in [0.15, 0.2) is 0 Å². The zero-order chi connectivity index (χ0) is 58.2. The standard InChI is InChI=1S/C58H104O21/c1-10-13-15-16-17-18-21-25-29-33-41(60)75-53-52(79-55-47(66)44(63)42(61)35(5)70-55)50(76-54(68)34(4)12-3)38(8)73-58(53)77-49-37(7)72-56(48(67)46(49)65)78-51-45(64)43(62)36(6)71-57(51)74-39(30-26-14-11-2)31-27-23-20-19-22-24-28-32-40(59)69-9/h34-39,42-53,55-58,61-67H,10-33H2,1-9H3/t34-,35-,36+,37-,38-,39-,42-,43-,44+,45-,46-,47+,48+,49-,50-,51+,52+,53+,55-,56-,57-,58-/m0/s1. The van der Waals surface area contributed by atoms with Crippen molar-refractivity contribution < 1.29 is 102 Å². The number of aliphatic hydroxyl groups excluding tert-OH is 7. The molecule has 0 radical (unpaired) electrons. The predicted octanol–water partition coefficient (Wildman–Crippen LogP) is 6.09. The minimum Gasteiger partial charge on any atom is -0.469 e. The van der Waals surface area contributed by atoms with E-state index >= 15 is 0 Å². The van der Waals surface area contributed by atoms with E-state index in [1.54, 1.807) is 27.7 Å². The van der Waals surface area contributed by atoms with Crippen molar-refractivity contribution in [2.75, 3.05) is 7.11 Å². The van der Waals surface area contributed by atoms with Crippen LogP contribution in [-0.2, 0) is 66.5 Å². The monoisotopic (exact) mass is 1140 g/mol. The van der Waals surface area contributed by atoms with E-state index in [0.29, 0.717) is 32.1 Å². The summed E-state index contributed by atoms with van der Waals surface area (Å²) in [6.45, 7) is 14.0. The number of aliphatic hydroxyl groups is 7. The quantitative estimate of drug-likeness (QED) is 0.0212. The Morgan fingerprint density at radius 2 is 0.835 bits per heavy atom. The van der Waals surface area contributed by atoms with Gasteiger partial charge in [0, 0.05) is 12.8 Å². The van der Waals surface area contributed by atoms with Gasteiger partial charge in [-0.1, -0.05) is 137 Å². The minimum absolute atomic E-state index is 0.0112. The number of hydrogen-bond acceptors (Lipinski definition) is 21. The summed E-state index contributed by atoms with van der Waals surface area (Å²) in [5.74, 6) is -2.06. The van der Waals surface area contributed by atoms with Crippen molar-refractivity contribution in [1.82, 2.24) is 0 Å². The number of unbranched alkanes of at least 4 members (excludes halogenated alkanes) is 16. The van der Waals surface area contributed by atoms with Crippen molar-refractivity contribution in [1.29, 1.82) is 0 Å². The summed E-state index contributed by atoms with van der Waals surface area (Å²) in [6, 6.07) is 0. The van der Waals surface area contributed by atoms with Gasteiger partial charge in [-0.25, -0.2) is 0 Å². The highest BCUT2D eigenvalue weighted by Gasteiger charge is 2.57. The predicted molar refractivity (Wildman–Crippen MR) is 288 cm³/mol. The van der Waals surface area contributed by atoms with E-state index in [2.05, 4.69) is 13.8 Å². The molecule has 0 aromatic heterocycles. The van der Waals surface area contributed by atoms with Crippen LogP contribution in [0.5, 0.6) is 0 Å². The topological polar surface area (TPSA) is 294 Å². The van der Waals surface area contributed by atoms with Crippen molar-refractivity contribution in [2.45, 2.75) is 338 Å². The number of carbonyl (C=O) groups is 3. The van der Waals surface area contributed by atoms with Crippen molar-refractivity contribution in [2.24, 2.45) is 5.92 Å². The van der Waals surface area contributed by atoms with Gasteiger partial charge in [-0.3, -0.25) is 14.4 Å². The molecule has 0 aromatic rings. The highest BCUT2D eigenvalue weighted by molar-refractivity contribution is 5.72. The SMILES string of the molecule is CCCCCCCCCCCC(=O)O[C@H]1[C@H](O[C@@H]2[C@@H](O)[C@@H](O)[C@H](O[C@H]3[C@H](O[C@@H](CCCCC)CCCCCCCCCC(=O)OC)O[C@H](C)[C@H](O)[C@@H]3O)O[C@H]2C)O[C@@H](C)[C@H](OC(=O)[C@@H](C)CC)[C@H]1O[C@@H]1O[C@@H](C)[C@H](O)[C@@H](O)[C@H]1O. The van der Waals surface area contributed by atoms with E-state index in [4.69, 9.17) is 52.1 Å². The molecule has 4 aliphatic rings. The summed E-state index contributed by atoms with van der Waals surface area (Å²) in [6.07, 6.45) is -8.40. The van der Waals surface area contributed by atoms with Gasteiger partial charge >= 0.3 is 17.9 Å². The molecule has 4 fully saturated rings. The third-order valence-corrected chi connectivity index (χ3v) is 16.1.